The number of nitrogens with one attached hydrogen (secondary N) is 2. The van der Waals surface area contributed by atoms with Gasteiger partial charge in [-0.25, -0.2) is 0 Å². The molecule has 0 unspecified atom stereocenters. The van der Waals surface area contributed by atoms with E-state index in [4.69, 9.17) is 4.52 Å². The summed E-state index contributed by atoms with van der Waals surface area (Å²) >= 11 is 0. The van der Waals surface area contributed by atoms with Gasteiger partial charge in [-0.05, 0) is 32.2 Å². The van der Waals surface area contributed by atoms with E-state index in [1.165, 1.54) is 12.8 Å². The highest BCUT2D eigenvalue weighted by atomic mass is 35.5. The lowest BCUT2D eigenvalue weighted by Gasteiger charge is -2.34. The Kier molecular flexibility index (Phi) is 9.35. The van der Waals surface area contributed by atoms with Crippen molar-refractivity contribution in [2.45, 2.75) is 19.8 Å². The zero-order valence-corrected chi connectivity index (χ0v) is 16.5. The van der Waals surface area contributed by atoms with E-state index in [0.717, 1.165) is 12.5 Å². The minimum Gasteiger partial charge on any atom is -0.360 e. The van der Waals surface area contributed by atoms with E-state index < -0.39 is 0 Å². The Labute approximate surface area is 165 Å². The van der Waals surface area contributed by atoms with Crippen molar-refractivity contribution in [3.63, 3.8) is 0 Å². The summed E-state index contributed by atoms with van der Waals surface area (Å²) in [6, 6.07) is 1.68. The number of carbonyl (C=O) groups is 2. The summed E-state index contributed by atoms with van der Waals surface area (Å²) < 4.78 is 4.92. The second-order valence-electron chi connectivity index (χ2n) is 6.60. The molecule has 8 nitrogen and oxygen atoms in total. The predicted octanol–water partition coefficient (Wildman–Crippen LogP) is 0.909. The van der Waals surface area contributed by atoms with E-state index in [1.807, 2.05) is 9.80 Å². The monoisotopic (exact) mass is 407 g/mol. The van der Waals surface area contributed by atoms with Crippen LogP contribution in [0.5, 0.6) is 0 Å². The summed E-state index contributed by atoms with van der Waals surface area (Å²) in [5, 5.41) is 9.69. The van der Waals surface area contributed by atoms with Crippen LogP contribution in [0, 0.1) is 12.8 Å². The Morgan fingerprint density at radius 1 is 1.23 bits per heavy atom. The quantitative estimate of drug-likeness (QED) is 0.697. The number of hydrogen-bond acceptors (Lipinski definition) is 6. The van der Waals surface area contributed by atoms with Gasteiger partial charge in [-0.15, -0.1) is 24.8 Å². The van der Waals surface area contributed by atoms with Gasteiger partial charge in [-0.1, -0.05) is 5.16 Å². The molecule has 10 heteroatoms. The fraction of sp³-hybridized carbons (Fsp3) is 0.688. The zero-order valence-electron chi connectivity index (χ0n) is 14.9. The maximum atomic E-state index is 12.1. The highest BCUT2D eigenvalue weighted by Gasteiger charge is 2.24. The highest BCUT2D eigenvalue weighted by Crippen LogP contribution is 2.27. The topological polar surface area (TPSA) is 90.7 Å². The lowest BCUT2D eigenvalue weighted by Crippen LogP contribution is -2.52. The molecule has 2 amide bonds. The number of hydrogen-bond donors (Lipinski definition) is 2. The molecule has 1 saturated carbocycles. The van der Waals surface area contributed by atoms with Crippen molar-refractivity contribution in [3.05, 3.63) is 11.8 Å². The number of aromatic nitrogens is 1. The van der Waals surface area contributed by atoms with Crippen molar-refractivity contribution < 1.29 is 14.1 Å². The molecule has 3 rings (SSSR count). The lowest BCUT2D eigenvalue weighted by atomic mass is 10.3. The molecule has 0 aromatic carbocycles. The molecule has 1 aromatic heterocycles. The molecule has 148 valence electrons. The van der Waals surface area contributed by atoms with E-state index >= 15 is 0 Å². The Morgan fingerprint density at radius 2 is 1.92 bits per heavy atom. The van der Waals surface area contributed by atoms with Crippen molar-refractivity contribution >= 4 is 42.4 Å². The number of halogens is 2. The minimum atomic E-state index is -0.117. The zero-order chi connectivity index (χ0) is 16.9. The van der Waals surface area contributed by atoms with Gasteiger partial charge in [0.2, 0.25) is 11.8 Å². The highest BCUT2D eigenvalue weighted by molar-refractivity contribution is 5.91. The maximum Gasteiger partial charge on any atom is 0.239 e. The first-order valence-electron chi connectivity index (χ1n) is 8.54. The SMILES string of the molecule is Cc1cc(NC(=O)CN2CCN(C(=O)CNCC3CC3)CC2)no1.Cl.Cl. The van der Waals surface area contributed by atoms with E-state index in [-0.39, 0.29) is 36.6 Å². The number of nitrogens with zero attached hydrogens (tertiary/aromatic N) is 3. The summed E-state index contributed by atoms with van der Waals surface area (Å²) in [5.74, 6) is 1.91. The van der Waals surface area contributed by atoms with Crippen LogP contribution in [0.1, 0.15) is 18.6 Å². The number of anilines is 1. The van der Waals surface area contributed by atoms with Gasteiger partial charge in [0.25, 0.3) is 0 Å². The van der Waals surface area contributed by atoms with Crippen LogP contribution in [-0.4, -0.2) is 72.6 Å². The number of rotatable bonds is 7. The molecule has 0 bridgehead atoms. The molecule has 2 N–H and O–H groups in total. The van der Waals surface area contributed by atoms with E-state index in [2.05, 4.69) is 15.8 Å². The maximum absolute atomic E-state index is 12.1. The average molecular weight is 408 g/mol. The molecule has 0 atom stereocenters. The van der Waals surface area contributed by atoms with E-state index in [0.29, 0.717) is 50.8 Å². The lowest BCUT2D eigenvalue weighted by molar-refractivity contribution is -0.132. The van der Waals surface area contributed by atoms with Crippen LogP contribution < -0.4 is 10.6 Å². The Balaban J connectivity index is 0.00000169. The smallest absolute Gasteiger partial charge is 0.239 e. The van der Waals surface area contributed by atoms with Gasteiger partial charge < -0.3 is 20.1 Å². The average Bonchev–Trinajstić information content (AvgIpc) is 3.29. The molecular weight excluding hydrogens is 381 g/mol. The van der Waals surface area contributed by atoms with Crippen molar-refractivity contribution in [1.29, 1.82) is 0 Å². The second-order valence-corrected chi connectivity index (χ2v) is 6.60. The Hall–Kier alpha value is -1.35. The largest absolute Gasteiger partial charge is 0.360 e. The third kappa shape index (κ3) is 7.11. The van der Waals surface area contributed by atoms with Crippen molar-refractivity contribution in [2.75, 3.05) is 51.1 Å². The van der Waals surface area contributed by atoms with Crippen LogP contribution in [0.15, 0.2) is 10.6 Å². The molecular formula is C16H27Cl2N5O3. The second kappa shape index (κ2) is 10.7. The summed E-state index contributed by atoms with van der Waals surface area (Å²) in [6.07, 6.45) is 2.58. The predicted molar refractivity (Wildman–Crippen MR) is 103 cm³/mol. The molecule has 1 aliphatic heterocycles. The molecule has 26 heavy (non-hydrogen) atoms. The number of amides is 2. The standard InChI is InChI=1S/C16H25N5O3.2ClH/c1-12-8-14(19-24-12)18-15(22)11-20-4-6-21(7-5-20)16(23)10-17-9-13-2-3-13;;/h8,13,17H,2-7,9-11H2,1H3,(H,18,19,22);2*1H. The van der Waals surface area contributed by atoms with Gasteiger partial charge in [0.15, 0.2) is 5.82 Å². The van der Waals surface area contributed by atoms with Crippen molar-refractivity contribution in [2.24, 2.45) is 5.92 Å². The van der Waals surface area contributed by atoms with Gasteiger partial charge in [0, 0.05) is 32.2 Å². The number of piperazine rings is 1. The van der Waals surface area contributed by atoms with Crippen LogP contribution in [0.25, 0.3) is 0 Å². The van der Waals surface area contributed by atoms with Crippen LogP contribution in [0.4, 0.5) is 5.82 Å². The third-order valence-corrected chi connectivity index (χ3v) is 4.39. The van der Waals surface area contributed by atoms with Gasteiger partial charge >= 0.3 is 0 Å². The number of aryl methyl sites for hydroxylation is 1. The molecule has 2 fully saturated rings. The molecule has 2 heterocycles. The van der Waals surface area contributed by atoms with Gasteiger partial charge in [-0.3, -0.25) is 14.5 Å². The van der Waals surface area contributed by atoms with Crippen LogP contribution in [0.2, 0.25) is 0 Å². The first-order valence-corrected chi connectivity index (χ1v) is 8.54. The van der Waals surface area contributed by atoms with E-state index in [9.17, 15) is 9.59 Å². The molecule has 1 saturated heterocycles. The Bertz CT molecular complexity index is 586. The van der Waals surface area contributed by atoms with Crippen molar-refractivity contribution in [1.82, 2.24) is 20.3 Å². The minimum absolute atomic E-state index is 0. The summed E-state index contributed by atoms with van der Waals surface area (Å²) in [5.41, 5.74) is 0. The first-order chi connectivity index (χ1) is 11.6. The van der Waals surface area contributed by atoms with Crippen LogP contribution in [0.3, 0.4) is 0 Å². The van der Waals surface area contributed by atoms with Crippen LogP contribution >= 0.6 is 24.8 Å². The molecule has 1 aliphatic carbocycles. The number of carbonyl (C=O) groups excluding carboxylic acids is 2. The molecule has 2 aliphatic rings. The molecule has 0 spiro atoms. The van der Waals surface area contributed by atoms with Gasteiger partial charge in [0.1, 0.15) is 5.76 Å². The molecule has 0 radical (unpaired) electrons. The van der Waals surface area contributed by atoms with E-state index in [1.54, 1.807) is 13.0 Å². The van der Waals surface area contributed by atoms with Gasteiger partial charge in [-0.2, -0.15) is 0 Å². The van der Waals surface area contributed by atoms with Gasteiger partial charge in [0.05, 0.1) is 13.1 Å². The van der Waals surface area contributed by atoms with Crippen molar-refractivity contribution in [3.8, 4) is 0 Å². The van der Waals surface area contributed by atoms with Crippen LogP contribution in [-0.2, 0) is 9.59 Å². The fourth-order valence-corrected chi connectivity index (χ4v) is 2.78. The molecule has 1 aromatic rings. The first kappa shape index (κ1) is 22.7. The Morgan fingerprint density at radius 3 is 2.50 bits per heavy atom. The summed E-state index contributed by atoms with van der Waals surface area (Å²) in [7, 11) is 0. The normalized spacial score (nSPS) is 17.2. The summed E-state index contributed by atoms with van der Waals surface area (Å²) in [4.78, 5) is 28.0. The summed E-state index contributed by atoms with van der Waals surface area (Å²) in [6.45, 7) is 6.20. The third-order valence-electron chi connectivity index (χ3n) is 4.39. The fourth-order valence-electron chi connectivity index (χ4n) is 2.78.